The Labute approximate surface area is 166 Å². The highest BCUT2D eigenvalue weighted by Gasteiger charge is 2.74. The van der Waals surface area contributed by atoms with Gasteiger partial charge < -0.3 is 18.9 Å². The number of ether oxygens (including phenoxy) is 4. The number of rotatable bonds is 6. The zero-order valence-corrected chi connectivity index (χ0v) is 17.0. The molecule has 4 aliphatic rings. The molecule has 1 saturated heterocycles. The van der Waals surface area contributed by atoms with Gasteiger partial charge >= 0.3 is 11.9 Å². The molecular weight excluding hydrogens is 360 g/mol. The fourth-order valence-corrected chi connectivity index (χ4v) is 6.32. The number of fused-ring (bicyclic) bond motifs is 5. The molecule has 2 bridgehead atoms. The lowest BCUT2D eigenvalue weighted by Crippen LogP contribution is -2.60. The lowest BCUT2D eigenvalue weighted by Gasteiger charge is -2.49. The molecule has 1 heterocycles. The van der Waals surface area contributed by atoms with Gasteiger partial charge in [0.2, 0.25) is 6.29 Å². The van der Waals surface area contributed by atoms with E-state index in [9.17, 15) is 9.59 Å². The van der Waals surface area contributed by atoms with Gasteiger partial charge in [-0.05, 0) is 69.6 Å². The summed E-state index contributed by atoms with van der Waals surface area (Å²) < 4.78 is 23.4. The van der Waals surface area contributed by atoms with Crippen molar-refractivity contribution < 1.29 is 28.5 Å². The second kappa shape index (κ2) is 7.45. The summed E-state index contributed by atoms with van der Waals surface area (Å²) in [7, 11) is 0. The standard InChI is InChI=1S/C22H32O6/c1-14(2)20(24)28-21-10-9-16(12-21)17-8-7-15(3)22(17,21)26-13-18(23)27-19-6-4-5-11-25-19/h15-17,19H,1,4-13H2,2-3H3. The SMILES string of the molecule is C=C(C)C(=O)OC12CCC(C1)C1CCC(C)C12OCC(=O)OC1CCCCO1. The van der Waals surface area contributed by atoms with Gasteiger partial charge in [-0.25, -0.2) is 9.59 Å². The lowest BCUT2D eigenvalue weighted by atomic mass is 9.71. The van der Waals surface area contributed by atoms with Crippen LogP contribution in [0.1, 0.15) is 65.2 Å². The summed E-state index contributed by atoms with van der Waals surface area (Å²) in [6.45, 7) is 8.07. The maximum Gasteiger partial charge on any atom is 0.334 e. The number of esters is 2. The monoisotopic (exact) mass is 392 g/mol. The topological polar surface area (TPSA) is 71.1 Å². The van der Waals surface area contributed by atoms with Crippen LogP contribution >= 0.6 is 0 Å². The minimum absolute atomic E-state index is 0.125. The molecule has 0 radical (unpaired) electrons. The Morgan fingerprint density at radius 1 is 1.18 bits per heavy atom. The summed E-state index contributed by atoms with van der Waals surface area (Å²) >= 11 is 0. The predicted octanol–water partition coefficient (Wildman–Crippen LogP) is 3.53. The molecule has 0 aromatic carbocycles. The molecule has 3 aliphatic carbocycles. The maximum atomic E-state index is 12.5. The second-order valence-corrected chi connectivity index (χ2v) is 9.12. The summed E-state index contributed by atoms with van der Waals surface area (Å²) in [6, 6.07) is 0. The van der Waals surface area contributed by atoms with Crippen molar-refractivity contribution in [1.29, 1.82) is 0 Å². The first-order valence-corrected chi connectivity index (χ1v) is 10.7. The molecule has 6 atom stereocenters. The average molecular weight is 392 g/mol. The number of carbonyl (C=O) groups excluding carboxylic acids is 2. The number of hydrogen-bond acceptors (Lipinski definition) is 6. The van der Waals surface area contributed by atoms with E-state index >= 15 is 0 Å². The van der Waals surface area contributed by atoms with E-state index < -0.39 is 23.5 Å². The van der Waals surface area contributed by atoms with Crippen LogP contribution in [0.25, 0.3) is 0 Å². The van der Waals surface area contributed by atoms with Crippen LogP contribution in [0, 0.1) is 17.8 Å². The molecule has 6 unspecified atom stereocenters. The van der Waals surface area contributed by atoms with Crippen LogP contribution in [-0.4, -0.2) is 42.6 Å². The molecule has 0 aromatic rings. The Balaban J connectivity index is 1.50. The minimum Gasteiger partial charge on any atom is -0.453 e. The first kappa shape index (κ1) is 19.9. The van der Waals surface area contributed by atoms with Gasteiger partial charge in [-0.2, -0.15) is 0 Å². The Morgan fingerprint density at radius 3 is 2.71 bits per heavy atom. The van der Waals surface area contributed by atoms with Crippen molar-refractivity contribution in [1.82, 2.24) is 0 Å². The highest BCUT2D eigenvalue weighted by atomic mass is 16.7. The highest BCUT2D eigenvalue weighted by molar-refractivity contribution is 5.87. The lowest BCUT2D eigenvalue weighted by molar-refractivity contribution is -0.231. The van der Waals surface area contributed by atoms with Crippen LogP contribution in [0.3, 0.4) is 0 Å². The van der Waals surface area contributed by atoms with Crippen LogP contribution in [0.4, 0.5) is 0 Å². The molecule has 4 fully saturated rings. The van der Waals surface area contributed by atoms with Gasteiger partial charge in [0, 0.05) is 12.0 Å². The van der Waals surface area contributed by atoms with E-state index in [2.05, 4.69) is 13.5 Å². The van der Waals surface area contributed by atoms with E-state index in [0.717, 1.165) is 51.4 Å². The summed E-state index contributed by atoms with van der Waals surface area (Å²) in [4.78, 5) is 24.9. The van der Waals surface area contributed by atoms with Crippen molar-refractivity contribution in [2.24, 2.45) is 17.8 Å². The van der Waals surface area contributed by atoms with Gasteiger partial charge in [-0.3, -0.25) is 0 Å². The molecular formula is C22H32O6. The third-order valence-corrected chi connectivity index (χ3v) is 7.45. The van der Waals surface area contributed by atoms with Gasteiger partial charge in [-0.15, -0.1) is 0 Å². The van der Waals surface area contributed by atoms with Gasteiger partial charge in [0.15, 0.2) is 0 Å². The Bertz CT molecular complexity index is 653. The maximum absolute atomic E-state index is 12.5. The molecule has 3 saturated carbocycles. The first-order chi connectivity index (χ1) is 13.4. The second-order valence-electron chi connectivity index (χ2n) is 9.12. The van der Waals surface area contributed by atoms with E-state index in [0.29, 0.717) is 24.0 Å². The van der Waals surface area contributed by atoms with Crippen molar-refractivity contribution >= 4 is 11.9 Å². The average Bonchev–Trinajstić information content (AvgIpc) is 3.31. The van der Waals surface area contributed by atoms with E-state index in [1.54, 1.807) is 6.92 Å². The van der Waals surface area contributed by atoms with Crippen LogP contribution < -0.4 is 0 Å². The quantitative estimate of drug-likeness (QED) is 0.509. The fraction of sp³-hybridized carbons (Fsp3) is 0.818. The van der Waals surface area contributed by atoms with Gasteiger partial charge in [0.25, 0.3) is 0 Å². The van der Waals surface area contributed by atoms with E-state index in [-0.39, 0.29) is 18.5 Å². The largest absolute Gasteiger partial charge is 0.453 e. The van der Waals surface area contributed by atoms with Crippen molar-refractivity contribution in [3.8, 4) is 0 Å². The Kier molecular flexibility index (Phi) is 5.29. The Hall–Kier alpha value is -1.40. The molecule has 0 aromatic heterocycles. The summed E-state index contributed by atoms with van der Waals surface area (Å²) in [5.74, 6) is 0.276. The third-order valence-electron chi connectivity index (χ3n) is 7.45. The molecule has 6 nitrogen and oxygen atoms in total. The van der Waals surface area contributed by atoms with Crippen LogP contribution in [0.15, 0.2) is 12.2 Å². The highest BCUT2D eigenvalue weighted by Crippen LogP contribution is 2.68. The van der Waals surface area contributed by atoms with Crippen molar-refractivity contribution in [2.45, 2.75) is 82.7 Å². The molecule has 4 rings (SSSR count). The number of carbonyl (C=O) groups is 2. The normalized spacial score (nSPS) is 41.5. The van der Waals surface area contributed by atoms with Crippen molar-refractivity contribution in [3.05, 3.63) is 12.2 Å². The predicted molar refractivity (Wildman–Crippen MR) is 101 cm³/mol. The Morgan fingerprint density at radius 2 is 2.00 bits per heavy atom. The zero-order valence-electron chi connectivity index (χ0n) is 17.0. The van der Waals surface area contributed by atoms with E-state index in [1.165, 1.54) is 0 Å². The van der Waals surface area contributed by atoms with Crippen LogP contribution in [-0.2, 0) is 28.5 Å². The van der Waals surface area contributed by atoms with Gasteiger partial charge in [-0.1, -0.05) is 13.5 Å². The summed E-state index contributed by atoms with van der Waals surface area (Å²) in [5, 5.41) is 0. The smallest absolute Gasteiger partial charge is 0.334 e. The minimum atomic E-state index is -0.657. The molecule has 28 heavy (non-hydrogen) atoms. The van der Waals surface area contributed by atoms with Crippen molar-refractivity contribution in [2.75, 3.05) is 13.2 Å². The molecule has 1 aliphatic heterocycles. The van der Waals surface area contributed by atoms with Crippen molar-refractivity contribution in [3.63, 3.8) is 0 Å². The van der Waals surface area contributed by atoms with Gasteiger partial charge in [0.1, 0.15) is 17.8 Å². The van der Waals surface area contributed by atoms with E-state index in [4.69, 9.17) is 18.9 Å². The molecule has 6 heteroatoms. The van der Waals surface area contributed by atoms with Crippen LogP contribution in [0.5, 0.6) is 0 Å². The summed E-state index contributed by atoms with van der Waals surface area (Å²) in [5.41, 5.74) is -0.862. The fourth-order valence-electron chi connectivity index (χ4n) is 6.32. The summed E-state index contributed by atoms with van der Waals surface area (Å²) in [6.07, 6.45) is 7.01. The zero-order chi connectivity index (χ0) is 19.9. The first-order valence-electron chi connectivity index (χ1n) is 10.7. The van der Waals surface area contributed by atoms with Crippen LogP contribution in [0.2, 0.25) is 0 Å². The van der Waals surface area contributed by atoms with Gasteiger partial charge in [0.05, 0.1) is 6.61 Å². The van der Waals surface area contributed by atoms with E-state index in [1.807, 2.05) is 0 Å². The number of hydrogen-bond donors (Lipinski definition) is 0. The molecule has 156 valence electrons. The molecule has 0 amide bonds. The molecule has 0 N–H and O–H groups in total. The molecule has 0 spiro atoms. The third kappa shape index (κ3) is 3.09.